The molecule has 1 aromatic rings. The van der Waals surface area contributed by atoms with E-state index in [0.717, 1.165) is 0 Å². The van der Waals surface area contributed by atoms with E-state index in [4.69, 9.17) is 14.6 Å². The van der Waals surface area contributed by atoms with Crippen molar-refractivity contribution >= 4 is 11.9 Å². The fraction of sp³-hybridized carbons (Fsp3) is 0.333. The predicted octanol–water partition coefficient (Wildman–Crippen LogP) is 0.596. The van der Waals surface area contributed by atoms with Crippen molar-refractivity contribution in [3.8, 4) is 0 Å². The van der Waals surface area contributed by atoms with E-state index in [1.54, 1.807) is 12.1 Å². The van der Waals surface area contributed by atoms with Gasteiger partial charge in [-0.1, -0.05) is 12.1 Å². The fourth-order valence-corrected chi connectivity index (χ4v) is 1.25. The first-order chi connectivity index (χ1) is 8.70. The number of ether oxygens (including phenoxy) is 3. The predicted molar refractivity (Wildman–Crippen MR) is 61.1 cm³/mol. The topological polar surface area (TPSA) is 82.1 Å². The summed E-state index contributed by atoms with van der Waals surface area (Å²) in [5.41, 5.74) is 0.240. The van der Waals surface area contributed by atoms with Crippen LogP contribution in [0, 0.1) is 0 Å². The quantitative estimate of drug-likeness (QED) is 0.454. The van der Waals surface area contributed by atoms with E-state index >= 15 is 0 Å². The van der Waals surface area contributed by atoms with E-state index in [1.807, 2.05) is 0 Å². The van der Waals surface area contributed by atoms with Crippen LogP contribution in [-0.4, -0.2) is 44.2 Å². The molecule has 18 heavy (non-hydrogen) atoms. The molecule has 0 fully saturated rings. The zero-order chi connectivity index (χ0) is 13.4. The second-order valence-electron chi connectivity index (χ2n) is 3.22. The van der Waals surface area contributed by atoms with Gasteiger partial charge in [0.05, 0.1) is 31.5 Å². The van der Waals surface area contributed by atoms with E-state index < -0.39 is 11.9 Å². The number of carbonyl (C=O) groups is 2. The molecule has 0 aliphatic heterocycles. The van der Waals surface area contributed by atoms with Crippen LogP contribution in [0.2, 0.25) is 0 Å². The van der Waals surface area contributed by atoms with E-state index in [9.17, 15) is 9.59 Å². The summed E-state index contributed by atoms with van der Waals surface area (Å²) in [4.78, 5) is 23.1. The molecule has 0 radical (unpaired) electrons. The first-order valence-corrected chi connectivity index (χ1v) is 5.23. The van der Waals surface area contributed by atoms with Gasteiger partial charge in [-0.2, -0.15) is 0 Å². The lowest BCUT2D eigenvalue weighted by atomic mass is 10.1. The number of hydrogen-bond acceptors (Lipinski definition) is 6. The molecule has 0 atom stereocenters. The Bertz CT molecular complexity index is 415. The third kappa shape index (κ3) is 3.83. The molecule has 0 bridgehead atoms. The van der Waals surface area contributed by atoms with E-state index in [-0.39, 0.29) is 31.1 Å². The summed E-state index contributed by atoms with van der Waals surface area (Å²) in [7, 11) is 1.23. The van der Waals surface area contributed by atoms with Crippen molar-refractivity contribution in [2.45, 2.75) is 0 Å². The smallest absolute Gasteiger partial charge is 0.341 e. The molecule has 0 saturated heterocycles. The van der Waals surface area contributed by atoms with Crippen LogP contribution in [0.3, 0.4) is 0 Å². The zero-order valence-electron chi connectivity index (χ0n) is 9.92. The van der Waals surface area contributed by atoms with E-state index in [0.29, 0.717) is 0 Å². The Hall–Kier alpha value is -1.92. The Morgan fingerprint density at radius 2 is 1.78 bits per heavy atom. The number of hydrogen-bond donors (Lipinski definition) is 1. The van der Waals surface area contributed by atoms with Crippen molar-refractivity contribution in [1.82, 2.24) is 0 Å². The third-order valence-electron chi connectivity index (χ3n) is 2.06. The van der Waals surface area contributed by atoms with Crippen molar-refractivity contribution in [3.63, 3.8) is 0 Å². The van der Waals surface area contributed by atoms with Crippen LogP contribution in [0.1, 0.15) is 20.7 Å². The number of esters is 2. The summed E-state index contributed by atoms with van der Waals surface area (Å²) in [6.45, 7) is -0.364. The van der Waals surface area contributed by atoms with Crippen LogP contribution in [-0.2, 0) is 14.2 Å². The second kappa shape index (κ2) is 7.41. The van der Waals surface area contributed by atoms with Gasteiger partial charge >= 0.3 is 11.9 Å². The second-order valence-corrected chi connectivity index (χ2v) is 3.22. The van der Waals surface area contributed by atoms with E-state index in [2.05, 4.69) is 4.74 Å². The summed E-state index contributed by atoms with van der Waals surface area (Å²) in [6.07, 6.45) is 0. The van der Waals surface area contributed by atoms with E-state index in [1.165, 1.54) is 19.2 Å². The molecule has 0 saturated carbocycles. The average molecular weight is 254 g/mol. The molecule has 0 aliphatic rings. The monoisotopic (exact) mass is 254 g/mol. The number of benzene rings is 1. The van der Waals surface area contributed by atoms with Crippen molar-refractivity contribution < 1.29 is 28.9 Å². The summed E-state index contributed by atoms with van der Waals surface area (Å²) in [5.74, 6) is -1.30. The van der Waals surface area contributed by atoms with Gasteiger partial charge in [0.1, 0.15) is 0 Å². The Labute approximate surface area is 104 Å². The van der Waals surface area contributed by atoms with Crippen molar-refractivity contribution in [2.75, 3.05) is 27.1 Å². The summed E-state index contributed by atoms with van der Waals surface area (Å²) < 4.78 is 14.1. The van der Waals surface area contributed by atoms with Gasteiger partial charge in [0.15, 0.2) is 6.79 Å². The number of carbonyl (C=O) groups excluding carboxylic acids is 2. The summed E-state index contributed by atoms with van der Waals surface area (Å²) in [6, 6.07) is 6.15. The standard InChI is InChI=1S/C12H14O6/c1-16-11(14)9-4-2-3-5-10(9)12(15)18-8-17-7-6-13/h2-5,13H,6-8H2,1H3. The molecule has 98 valence electrons. The highest BCUT2D eigenvalue weighted by molar-refractivity contribution is 6.03. The Balaban J connectivity index is 2.70. The van der Waals surface area contributed by atoms with Crippen LogP contribution in [0.4, 0.5) is 0 Å². The number of aliphatic hydroxyl groups is 1. The lowest BCUT2D eigenvalue weighted by molar-refractivity contribution is -0.0400. The van der Waals surface area contributed by atoms with Gasteiger partial charge in [0.2, 0.25) is 0 Å². The van der Waals surface area contributed by atoms with Gasteiger partial charge in [0, 0.05) is 0 Å². The first-order valence-electron chi connectivity index (χ1n) is 5.23. The average Bonchev–Trinajstić information content (AvgIpc) is 2.42. The fourth-order valence-electron chi connectivity index (χ4n) is 1.25. The maximum Gasteiger partial charge on any atom is 0.341 e. The molecule has 6 heteroatoms. The third-order valence-corrected chi connectivity index (χ3v) is 2.06. The van der Waals surface area contributed by atoms with Crippen LogP contribution >= 0.6 is 0 Å². The molecule has 1 N–H and O–H groups in total. The molecule has 0 amide bonds. The number of methoxy groups -OCH3 is 1. The summed E-state index contributed by atoms with van der Waals surface area (Å²) >= 11 is 0. The van der Waals surface area contributed by atoms with Crippen LogP contribution in [0.25, 0.3) is 0 Å². The Morgan fingerprint density at radius 1 is 1.17 bits per heavy atom. The van der Waals surface area contributed by atoms with Crippen molar-refractivity contribution in [1.29, 1.82) is 0 Å². The highest BCUT2D eigenvalue weighted by Crippen LogP contribution is 2.11. The summed E-state index contributed by atoms with van der Waals surface area (Å²) in [5, 5.41) is 8.47. The molecule has 0 aromatic heterocycles. The molecule has 0 heterocycles. The first kappa shape index (κ1) is 14.1. The van der Waals surface area contributed by atoms with Crippen LogP contribution in [0.15, 0.2) is 24.3 Å². The molecule has 1 rings (SSSR count). The van der Waals surface area contributed by atoms with Gasteiger partial charge in [-0.15, -0.1) is 0 Å². The van der Waals surface area contributed by atoms with Gasteiger partial charge < -0.3 is 19.3 Å². The molecule has 1 aromatic carbocycles. The van der Waals surface area contributed by atoms with Crippen LogP contribution in [0.5, 0.6) is 0 Å². The highest BCUT2D eigenvalue weighted by Gasteiger charge is 2.17. The van der Waals surface area contributed by atoms with Crippen molar-refractivity contribution in [3.05, 3.63) is 35.4 Å². The maximum absolute atomic E-state index is 11.7. The van der Waals surface area contributed by atoms with Crippen molar-refractivity contribution in [2.24, 2.45) is 0 Å². The molecular formula is C12H14O6. The number of aliphatic hydroxyl groups excluding tert-OH is 1. The lowest BCUT2D eigenvalue weighted by Crippen LogP contribution is -2.15. The van der Waals surface area contributed by atoms with Gasteiger partial charge in [-0.3, -0.25) is 0 Å². The maximum atomic E-state index is 11.7. The minimum Gasteiger partial charge on any atom is -0.465 e. The minimum absolute atomic E-state index is 0.0753. The van der Waals surface area contributed by atoms with Gasteiger partial charge in [-0.25, -0.2) is 9.59 Å². The molecule has 0 spiro atoms. The normalized spacial score (nSPS) is 9.89. The lowest BCUT2D eigenvalue weighted by Gasteiger charge is -2.08. The van der Waals surface area contributed by atoms with Crippen LogP contribution < -0.4 is 0 Å². The molecule has 6 nitrogen and oxygen atoms in total. The zero-order valence-corrected chi connectivity index (χ0v) is 9.92. The Kier molecular flexibility index (Phi) is 5.83. The largest absolute Gasteiger partial charge is 0.465 e. The minimum atomic E-state index is -0.686. The highest BCUT2D eigenvalue weighted by atomic mass is 16.7. The van der Waals surface area contributed by atoms with Gasteiger partial charge in [0.25, 0.3) is 0 Å². The Morgan fingerprint density at radius 3 is 2.33 bits per heavy atom. The van der Waals surface area contributed by atoms with Gasteiger partial charge in [-0.05, 0) is 12.1 Å². The molecule has 0 aliphatic carbocycles. The molecular weight excluding hydrogens is 240 g/mol. The number of rotatable bonds is 6. The SMILES string of the molecule is COC(=O)c1ccccc1C(=O)OCOCCO. The molecule has 0 unspecified atom stereocenters.